The minimum Gasteiger partial charge on any atom is -0.375 e. The molecule has 2 aromatic heterocycles. The molecular weight excluding hydrogens is 218 g/mol. The lowest BCUT2D eigenvalue weighted by atomic mass is 10.1. The van der Waals surface area contributed by atoms with Crippen molar-refractivity contribution in [2.75, 3.05) is 5.73 Å². The van der Waals surface area contributed by atoms with Crippen molar-refractivity contribution in [3.05, 3.63) is 41.9 Å². The number of pyridine rings is 1. The highest BCUT2D eigenvalue weighted by atomic mass is 32.1. The Hall–Kier alpha value is -1.94. The molecule has 0 radical (unpaired) electrons. The maximum Gasteiger partial charge on any atom is 0.180 e. The summed E-state index contributed by atoms with van der Waals surface area (Å²) in [6.45, 7) is 0. The van der Waals surface area contributed by atoms with Gasteiger partial charge < -0.3 is 5.73 Å². The second kappa shape index (κ2) is 3.57. The van der Waals surface area contributed by atoms with Crippen molar-refractivity contribution in [3.63, 3.8) is 0 Å². The van der Waals surface area contributed by atoms with Gasteiger partial charge in [0.05, 0.1) is 5.69 Å². The molecule has 78 valence electrons. The van der Waals surface area contributed by atoms with Crippen LogP contribution in [0.15, 0.2) is 41.9 Å². The van der Waals surface area contributed by atoms with E-state index in [9.17, 15) is 0 Å². The van der Waals surface area contributed by atoms with Gasteiger partial charge in [-0.15, -0.1) is 11.3 Å². The molecule has 0 unspecified atom stereocenters. The third-order valence-corrected chi connectivity index (χ3v) is 3.09. The van der Waals surface area contributed by atoms with Crippen LogP contribution in [0, 0.1) is 0 Å². The number of fused-ring (bicyclic) bond motifs is 1. The van der Waals surface area contributed by atoms with Gasteiger partial charge in [-0.3, -0.25) is 4.98 Å². The Morgan fingerprint density at radius 2 is 1.88 bits per heavy atom. The number of hydrogen-bond acceptors (Lipinski definition) is 4. The minimum absolute atomic E-state index is 0.574. The van der Waals surface area contributed by atoms with E-state index in [1.807, 2.05) is 35.8 Å². The smallest absolute Gasteiger partial charge is 0.180 e. The SMILES string of the molecule is Nc1nc(-c2cc3ccccc3cn2)cs1. The van der Waals surface area contributed by atoms with E-state index in [2.05, 4.69) is 16.0 Å². The van der Waals surface area contributed by atoms with Crippen LogP contribution in [-0.2, 0) is 0 Å². The van der Waals surface area contributed by atoms with Gasteiger partial charge in [-0.05, 0) is 11.5 Å². The summed E-state index contributed by atoms with van der Waals surface area (Å²) in [5, 5.41) is 4.80. The first-order valence-corrected chi connectivity index (χ1v) is 5.77. The fourth-order valence-electron chi connectivity index (χ4n) is 1.63. The van der Waals surface area contributed by atoms with Crippen molar-refractivity contribution < 1.29 is 0 Å². The Bertz CT molecular complexity index is 645. The summed E-state index contributed by atoms with van der Waals surface area (Å²) in [5.74, 6) is 0. The fourth-order valence-corrected chi connectivity index (χ4v) is 2.19. The van der Waals surface area contributed by atoms with E-state index in [0.29, 0.717) is 5.13 Å². The molecular formula is C12H9N3S. The number of benzene rings is 1. The van der Waals surface area contributed by atoms with E-state index in [1.165, 1.54) is 16.7 Å². The van der Waals surface area contributed by atoms with Gasteiger partial charge in [0.1, 0.15) is 5.69 Å². The molecule has 16 heavy (non-hydrogen) atoms. The van der Waals surface area contributed by atoms with E-state index in [4.69, 9.17) is 5.73 Å². The minimum atomic E-state index is 0.574. The highest BCUT2D eigenvalue weighted by Gasteiger charge is 2.04. The van der Waals surface area contributed by atoms with Crippen LogP contribution in [0.25, 0.3) is 22.2 Å². The third kappa shape index (κ3) is 1.53. The highest BCUT2D eigenvalue weighted by molar-refractivity contribution is 7.13. The monoisotopic (exact) mass is 227 g/mol. The van der Waals surface area contributed by atoms with Crippen LogP contribution in [0.1, 0.15) is 0 Å². The van der Waals surface area contributed by atoms with Gasteiger partial charge in [-0.1, -0.05) is 24.3 Å². The Balaban J connectivity index is 2.18. The zero-order valence-corrected chi connectivity index (χ0v) is 9.24. The molecule has 3 aromatic rings. The molecule has 0 saturated heterocycles. The number of hydrogen-bond donors (Lipinski definition) is 1. The van der Waals surface area contributed by atoms with E-state index < -0.39 is 0 Å². The molecule has 2 N–H and O–H groups in total. The predicted octanol–water partition coefficient (Wildman–Crippen LogP) is 2.94. The van der Waals surface area contributed by atoms with Crippen LogP contribution in [0.3, 0.4) is 0 Å². The molecule has 0 aliphatic carbocycles. The van der Waals surface area contributed by atoms with Crippen LogP contribution in [0.2, 0.25) is 0 Å². The average molecular weight is 227 g/mol. The Labute approximate surface area is 96.6 Å². The van der Waals surface area contributed by atoms with Gasteiger partial charge >= 0.3 is 0 Å². The van der Waals surface area contributed by atoms with Gasteiger partial charge in [-0.2, -0.15) is 0 Å². The molecule has 3 nitrogen and oxygen atoms in total. The number of nitrogens with zero attached hydrogens (tertiary/aromatic N) is 2. The number of nitrogen functional groups attached to an aromatic ring is 1. The van der Waals surface area contributed by atoms with Gasteiger partial charge in [0.25, 0.3) is 0 Å². The first-order chi connectivity index (χ1) is 7.83. The van der Waals surface area contributed by atoms with Gasteiger partial charge in [-0.25, -0.2) is 4.98 Å². The summed E-state index contributed by atoms with van der Waals surface area (Å²) in [7, 11) is 0. The summed E-state index contributed by atoms with van der Waals surface area (Å²) in [5.41, 5.74) is 7.32. The van der Waals surface area contributed by atoms with Crippen molar-refractivity contribution in [1.82, 2.24) is 9.97 Å². The van der Waals surface area contributed by atoms with Crippen LogP contribution < -0.4 is 5.73 Å². The molecule has 0 bridgehead atoms. The zero-order valence-electron chi connectivity index (χ0n) is 8.42. The standard InChI is InChI=1S/C12H9N3S/c13-12-15-11(7-16-12)10-5-8-3-1-2-4-9(8)6-14-10/h1-7H,(H2,13,15). The summed E-state index contributed by atoms with van der Waals surface area (Å²) >= 11 is 1.43. The number of rotatable bonds is 1. The lowest BCUT2D eigenvalue weighted by molar-refractivity contribution is 1.30. The first-order valence-electron chi connectivity index (χ1n) is 4.89. The Kier molecular flexibility index (Phi) is 2.08. The molecule has 0 amide bonds. The van der Waals surface area contributed by atoms with Crippen LogP contribution in [-0.4, -0.2) is 9.97 Å². The van der Waals surface area contributed by atoms with Crippen LogP contribution >= 0.6 is 11.3 Å². The zero-order chi connectivity index (χ0) is 11.0. The fraction of sp³-hybridized carbons (Fsp3) is 0. The van der Waals surface area contributed by atoms with E-state index in [1.54, 1.807) is 0 Å². The van der Waals surface area contributed by atoms with Crippen LogP contribution in [0.5, 0.6) is 0 Å². The van der Waals surface area contributed by atoms with E-state index in [-0.39, 0.29) is 0 Å². The van der Waals surface area contributed by atoms with Gasteiger partial charge in [0, 0.05) is 17.0 Å². The molecule has 0 fully saturated rings. The average Bonchev–Trinajstić information content (AvgIpc) is 2.75. The first kappa shape index (κ1) is 9.30. The number of thiazole rings is 1. The summed E-state index contributed by atoms with van der Waals surface area (Å²) in [6.07, 6.45) is 1.86. The Morgan fingerprint density at radius 1 is 1.06 bits per heavy atom. The molecule has 0 saturated carbocycles. The molecule has 4 heteroatoms. The van der Waals surface area contributed by atoms with Crippen molar-refractivity contribution in [3.8, 4) is 11.4 Å². The van der Waals surface area contributed by atoms with Crippen molar-refractivity contribution in [2.45, 2.75) is 0 Å². The van der Waals surface area contributed by atoms with E-state index in [0.717, 1.165) is 16.8 Å². The van der Waals surface area contributed by atoms with Gasteiger partial charge in [0.2, 0.25) is 0 Å². The van der Waals surface area contributed by atoms with Crippen molar-refractivity contribution in [2.24, 2.45) is 0 Å². The number of nitrogens with two attached hydrogens (primary N) is 1. The topological polar surface area (TPSA) is 51.8 Å². The molecule has 0 atom stereocenters. The second-order valence-corrected chi connectivity index (χ2v) is 4.38. The second-order valence-electron chi connectivity index (χ2n) is 3.49. The quantitative estimate of drug-likeness (QED) is 0.695. The van der Waals surface area contributed by atoms with Gasteiger partial charge in [0.15, 0.2) is 5.13 Å². The number of anilines is 1. The maximum atomic E-state index is 5.61. The maximum absolute atomic E-state index is 5.61. The van der Waals surface area contributed by atoms with Crippen LogP contribution in [0.4, 0.5) is 5.13 Å². The lowest BCUT2D eigenvalue weighted by Crippen LogP contribution is -1.86. The largest absolute Gasteiger partial charge is 0.375 e. The normalized spacial score (nSPS) is 10.8. The van der Waals surface area contributed by atoms with Crippen molar-refractivity contribution in [1.29, 1.82) is 0 Å². The molecule has 0 aliphatic rings. The molecule has 0 spiro atoms. The molecule has 2 heterocycles. The molecule has 3 rings (SSSR count). The lowest BCUT2D eigenvalue weighted by Gasteiger charge is -1.99. The third-order valence-electron chi connectivity index (χ3n) is 2.42. The number of aromatic nitrogens is 2. The highest BCUT2D eigenvalue weighted by Crippen LogP contribution is 2.24. The summed E-state index contributed by atoms with van der Waals surface area (Å²) in [4.78, 5) is 8.60. The molecule has 0 aliphatic heterocycles. The molecule has 1 aromatic carbocycles. The van der Waals surface area contributed by atoms with Crippen molar-refractivity contribution >= 4 is 27.2 Å². The predicted molar refractivity (Wildman–Crippen MR) is 67.3 cm³/mol. The summed E-state index contributed by atoms with van der Waals surface area (Å²) in [6, 6.07) is 10.2. The van der Waals surface area contributed by atoms with E-state index >= 15 is 0 Å². The Morgan fingerprint density at radius 3 is 2.62 bits per heavy atom. The summed E-state index contributed by atoms with van der Waals surface area (Å²) < 4.78 is 0.